The van der Waals surface area contributed by atoms with Crippen LogP contribution in [0.4, 0.5) is 0 Å². The molecule has 0 saturated carbocycles. The molecule has 88 valence electrons. The fourth-order valence-electron chi connectivity index (χ4n) is 1.82. The second-order valence-electron chi connectivity index (χ2n) is 3.98. The van der Waals surface area contributed by atoms with E-state index in [0.29, 0.717) is 11.6 Å². The SMILES string of the molecule is C/C(=C\C(=O)O)Cn1ccc2ccc(Cl)cc21. The minimum Gasteiger partial charge on any atom is -0.478 e. The largest absolute Gasteiger partial charge is 0.478 e. The first-order chi connectivity index (χ1) is 8.06. The van der Waals surface area contributed by atoms with Gasteiger partial charge in [-0.1, -0.05) is 17.7 Å². The van der Waals surface area contributed by atoms with Crippen LogP contribution in [0.15, 0.2) is 42.1 Å². The molecule has 2 rings (SSSR count). The highest BCUT2D eigenvalue weighted by molar-refractivity contribution is 6.31. The summed E-state index contributed by atoms with van der Waals surface area (Å²) in [5, 5.41) is 10.4. The van der Waals surface area contributed by atoms with Crippen molar-refractivity contribution in [2.45, 2.75) is 13.5 Å². The van der Waals surface area contributed by atoms with Crippen molar-refractivity contribution in [1.82, 2.24) is 4.57 Å². The molecule has 4 heteroatoms. The third-order valence-electron chi connectivity index (χ3n) is 2.53. The average Bonchev–Trinajstić information content (AvgIpc) is 2.60. The van der Waals surface area contributed by atoms with E-state index in [1.165, 1.54) is 6.08 Å². The van der Waals surface area contributed by atoms with Crippen LogP contribution in [0.3, 0.4) is 0 Å². The molecule has 0 spiro atoms. The Balaban J connectivity index is 2.36. The monoisotopic (exact) mass is 249 g/mol. The Morgan fingerprint density at radius 2 is 2.24 bits per heavy atom. The van der Waals surface area contributed by atoms with Crippen LogP contribution < -0.4 is 0 Å². The Morgan fingerprint density at radius 1 is 1.47 bits per heavy atom. The van der Waals surface area contributed by atoms with Crippen molar-refractivity contribution in [3.63, 3.8) is 0 Å². The highest BCUT2D eigenvalue weighted by Crippen LogP contribution is 2.21. The normalized spacial score (nSPS) is 12.0. The summed E-state index contributed by atoms with van der Waals surface area (Å²) < 4.78 is 1.98. The number of aliphatic carboxylic acids is 1. The van der Waals surface area contributed by atoms with E-state index in [1.54, 1.807) is 6.92 Å². The molecule has 3 nitrogen and oxygen atoms in total. The number of allylic oxidation sites excluding steroid dienone is 1. The molecule has 1 heterocycles. The number of carbonyl (C=O) groups is 1. The van der Waals surface area contributed by atoms with Gasteiger partial charge in [0.05, 0.1) is 0 Å². The zero-order chi connectivity index (χ0) is 12.4. The number of hydrogen-bond acceptors (Lipinski definition) is 1. The summed E-state index contributed by atoms with van der Waals surface area (Å²) in [5.41, 5.74) is 1.80. The Bertz CT molecular complexity index is 598. The molecule has 1 aromatic carbocycles. The third kappa shape index (κ3) is 2.68. The second kappa shape index (κ2) is 4.63. The van der Waals surface area contributed by atoms with Gasteiger partial charge >= 0.3 is 5.97 Å². The van der Waals surface area contributed by atoms with Crippen LogP contribution >= 0.6 is 11.6 Å². The molecule has 0 saturated heterocycles. The Kier molecular flexibility index (Phi) is 3.20. The van der Waals surface area contributed by atoms with Gasteiger partial charge in [-0.05, 0) is 36.1 Å². The highest BCUT2D eigenvalue weighted by atomic mass is 35.5. The summed E-state index contributed by atoms with van der Waals surface area (Å²) in [6, 6.07) is 7.66. The molecule has 0 atom stereocenters. The summed E-state index contributed by atoms with van der Waals surface area (Å²) in [5.74, 6) is -0.919. The van der Waals surface area contributed by atoms with E-state index < -0.39 is 5.97 Å². The molecule has 0 aliphatic rings. The third-order valence-corrected chi connectivity index (χ3v) is 2.76. The smallest absolute Gasteiger partial charge is 0.328 e. The molecule has 0 aliphatic carbocycles. The van der Waals surface area contributed by atoms with Crippen LogP contribution in [0.5, 0.6) is 0 Å². The molecule has 0 aliphatic heterocycles. The number of nitrogens with zero attached hydrogens (tertiary/aromatic N) is 1. The van der Waals surface area contributed by atoms with Crippen molar-refractivity contribution >= 4 is 28.5 Å². The quantitative estimate of drug-likeness (QED) is 0.848. The minimum atomic E-state index is -0.919. The Morgan fingerprint density at radius 3 is 2.94 bits per heavy atom. The van der Waals surface area contributed by atoms with E-state index >= 15 is 0 Å². The number of rotatable bonds is 3. The van der Waals surface area contributed by atoms with Gasteiger partial charge in [0.2, 0.25) is 0 Å². The van der Waals surface area contributed by atoms with Gasteiger partial charge < -0.3 is 9.67 Å². The molecule has 0 bridgehead atoms. The van der Waals surface area contributed by atoms with Gasteiger partial charge in [0.1, 0.15) is 0 Å². The van der Waals surface area contributed by atoms with Gasteiger partial charge in [-0.25, -0.2) is 4.79 Å². The van der Waals surface area contributed by atoms with Crippen molar-refractivity contribution in [1.29, 1.82) is 0 Å². The van der Waals surface area contributed by atoms with Crippen LogP contribution in [-0.4, -0.2) is 15.6 Å². The van der Waals surface area contributed by atoms with Crippen molar-refractivity contribution < 1.29 is 9.90 Å². The molecule has 0 amide bonds. The van der Waals surface area contributed by atoms with E-state index in [-0.39, 0.29) is 0 Å². The Labute approximate surface area is 104 Å². The molecule has 17 heavy (non-hydrogen) atoms. The first-order valence-electron chi connectivity index (χ1n) is 5.21. The topological polar surface area (TPSA) is 42.2 Å². The number of hydrogen-bond donors (Lipinski definition) is 1. The van der Waals surface area contributed by atoms with Crippen molar-refractivity contribution in [2.75, 3.05) is 0 Å². The van der Waals surface area contributed by atoms with Crippen molar-refractivity contribution in [3.8, 4) is 0 Å². The fourth-order valence-corrected chi connectivity index (χ4v) is 1.99. The van der Waals surface area contributed by atoms with Gasteiger partial charge in [0.15, 0.2) is 0 Å². The zero-order valence-corrected chi connectivity index (χ0v) is 10.1. The predicted molar refractivity (Wildman–Crippen MR) is 68.3 cm³/mol. The molecule has 0 fully saturated rings. The van der Waals surface area contributed by atoms with E-state index in [1.807, 2.05) is 35.0 Å². The molecule has 1 aromatic heterocycles. The van der Waals surface area contributed by atoms with Gasteiger partial charge in [-0.2, -0.15) is 0 Å². The maximum absolute atomic E-state index is 10.5. The molecular weight excluding hydrogens is 238 g/mol. The summed E-state index contributed by atoms with van der Waals surface area (Å²) in [6.07, 6.45) is 3.15. The Hall–Kier alpha value is -1.74. The van der Waals surface area contributed by atoms with Gasteiger partial charge in [0, 0.05) is 29.4 Å². The summed E-state index contributed by atoms with van der Waals surface area (Å²) in [7, 11) is 0. The van der Waals surface area contributed by atoms with Crippen LogP contribution in [0.2, 0.25) is 5.02 Å². The molecule has 0 radical (unpaired) electrons. The molecule has 1 N–H and O–H groups in total. The standard InChI is InChI=1S/C13H12ClNO2/c1-9(6-13(16)17)8-15-5-4-10-2-3-11(14)7-12(10)15/h2-7H,8H2,1H3,(H,16,17)/b9-6+. The molecule has 2 aromatic rings. The summed E-state index contributed by atoms with van der Waals surface area (Å²) >= 11 is 5.95. The lowest BCUT2D eigenvalue weighted by Crippen LogP contribution is -1.99. The molecule has 0 unspecified atom stereocenters. The highest BCUT2D eigenvalue weighted by Gasteiger charge is 2.03. The number of carboxylic acids is 1. The lowest BCUT2D eigenvalue weighted by molar-refractivity contribution is -0.131. The van der Waals surface area contributed by atoms with Crippen LogP contribution in [0.25, 0.3) is 10.9 Å². The predicted octanol–water partition coefficient (Wildman–Crippen LogP) is 3.33. The number of benzene rings is 1. The minimum absolute atomic E-state index is 0.552. The molecular formula is C13H12ClNO2. The summed E-state index contributed by atoms with van der Waals surface area (Å²) in [4.78, 5) is 10.5. The number of aromatic nitrogens is 1. The second-order valence-corrected chi connectivity index (χ2v) is 4.41. The lowest BCUT2D eigenvalue weighted by Gasteiger charge is -2.05. The first kappa shape index (κ1) is 11.7. The van der Waals surface area contributed by atoms with Gasteiger partial charge in [-0.15, -0.1) is 0 Å². The van der Waals surface area contributed by atoms with Gasteiger partial charge in [-0.3, -0.25) is 0 Å². The van der Waals surface area contributed by atoms with Crippen molar-refractivity contribution in [2.24, 2.45) is 0 Å². The number of halogens is 1. The van der Waals surface area contributed by atoms with E-state index in [9.17, 15) is 4.79 Å². The van der Waals surface area contributed by atoms with Crippen molar-refractivity contribution in [3.05, 3.63) is 47.1 Å². The zero-order valence-electron chi connectivity index (χ0n) is 9.35. The van der Waals surface area contributed by atoms with Gasteiger partial charge in [0.25, 0.3) is 0 Å². The number of carboxylic acid groups (broad SMARTS) is 1. The lowest BCUT2D eigenvalue weighted by atomic mass is 10.2. The first-order valence-corrected chi connectivity index (χ1v) is 5.58. The number of fused-ring (bicyclic) bond motifs is 1. The maximum Gasteiger partial charge on any atom is 0.328 e. The van der Waals surface area contributed by atoms with E-state index in [2.05, 4.69) is 0 Å². The summed E-state index contributed by atoms with van der Waals surface area (Å²) in [6.45, 7) is 2.35. The average molecular weight is 250 g/mol. The maximum atomic E-state index is 10.5. The van der Waals surface area contributed by atoms with Crippen LogP contribution in [0, 0.1) is 0 Å². The van der Waals surface area contributed by atoms with E-state index in [0.717, 1.165) is 16.5 Å². The fraction of sp³-hybridized carbons (Fsp3) is 0.154. The van der Waals surface area contributed by atoms with Crippen LogP contribution in [0.1, 0.15) is 6.92 Å². The van der Waals surface area contributed by atoms with Crippen LogP contribution in [-0.2, 0) is 11.3 Å². The van der Waals surface area contributed by atoms with E-state index in [4.69, 9.17) is 16.7 Å².